The van der Waals surface area contributed by atoms with Crippen LogP contribution in [0.25, 0.3) is 11.0 Å². The van der Waals surface area contributed by atoms with Gasteiger partial charge in [-0.3, -0.25) is 0 Å². The third-order valence-corrected chi connectivity index (χ3v) is 6.06. The van der Waals surface area contributed by atoms with Crippen molar-refractivity contribution >= 4 is 11.0 Å². The first-order chi connectivity index (χ1) is 17.0. The van der Waals surface area contributed by atoms with Gasteiger partial charge in [0.1, 0.15) is 24.8 Å². The van der Waals surface area contributed by atoms with E-state index in [1.165, 1.54) is 11.1 Å². The average Bonchev–Trinajstić information content (AvgIpc) is 3.20. The van der Waals surface area contributed by atoms with E-state index in [0.717, 1.165) is 34.6 Å². The summed E-state index contributed by atoms with van der Waals surface area (Å²) >= 11 is 0. The third kappa shape index (κ3) is 5.68. The van der Waals surface area contributed by atoms with E-state index in [9.17, 15) is 0 Å². The van der Waals surface area contributed by atoms with Gasteiger partial charge < -0.3 is 18.8 Å². The van der Waals surface area contributed by atoms with Gasteiger partial charge in [0.05, 0.1) is 24.7 Å². The van der Waals surface area contributed by atoms with Gasteiger partial charge in [-0.25, -0.2) is 4.98 Å². The molecule has 0 aliphatic rings. The van der Waals surface area contributed by atoms with E-state index in [1.807, 2.05) is 42.5 Å². The lowest BCUT2D eigenvalue weighted by atomic mass is 10.0. The number of ether oxygens (including phenoxy) is 3. The molecule has 0 aliphatic heterocycles. The van der Waals surface area contributed by atoms with Gasteiger partial charge in [0, 0.05) is 0 Å². The number of nitrogens with zero attached hydrogens (tertiary/aromatic N) is 2. The minimum Gasteiger partial charge on any atom is -0.493 e. The van der Waals surface area contributed by atoms with E-state index in [2.05, 4.69) is 56.2 Å². The van der Waals surface area contributed by atoms with Gasteiger partial charge in [-0.05, 0) is 66.3 Å². The van der Waals surface area contributed by atoms with Crippen LogP contribution in [0.3, 0.4) is 0 Å². The fourth-order valence-electron chi connectivity index (χ4n) is 4.24. The first-order valence-electron chi connectivity index (χ1n) is 12.1. The fraction of sp³-hybridized carbons (Fsp3) is 0.300. The Morgan fingerprint density at radius 1 is 0.971 bits per heavy atom. The molecule has 0 fully saturated rings. The van der Waals surface area contributed by atoms with Crippen molar-refractivity contribution in [3.8, 4) is 17.2 Å². The minimum atomic E-state index is 0.327. The minimum absolute atomic E-state index is 0.327. The first-order valence-corrected chi connectivity index (χ1v) is 12.1. The summed E-state index contributed by atoms with van der Waals surface area (Å²) in [4.78, 5) is 4.84. The van der Waals surface area contributed by atoms with Gasteiger partial charge in [-0.15, -0.1) is 6.58 Å². The van der Waals surface area contributed by atoms with Gasteiger partial charge in [0.15, 0.2) is 11.5 Å². The van der Waals surface area contributed by atoms with Gasteiger partial charge in [0.2, 0.25) is 0 Å². The first kappa shape index (κ1) is 24.4. The molecule has 0 amide bonds. The molecule has 3 aromatic carbocycles. The Bertz CT molecular complexity index is 1310. The lowest BCUT2D eigenvalue weighted by Gasteiger charge is -2.16. The maximum absolute atomic E-state index is 6.27. The summed E-state index contributed by atoms with van der Waals surface area (Å²) in [6.07, 6.45) is 2.66. The number of fused-ring (bicyclic) bond motifs is 1. The molecule has 0 saturated carbocycles. The SMILES string of the molecule is C=CCc1ccc(OCc2nc3ccccc3n2CCOc2cc(C)ccc2C(C)C)c(OC)c1. The molecular weight excluding hydrogens is 436 g/mol. The fourth-order valence-corrected chi connectivity index (χ4v) is 4.24. The maximum Gasteiger partial charge on any atom is 0.161 e. The van der Waals surface area contributed by atoms with Crippen LogP contribution < -0.4 is 14.2 Å². The molecule has 182 valence electrons. The van der Waals surface area contributed by atoms with Crippen molar-refractivity contribution in [1.82, 2.24) is 9.55 Å². The average molecular weight is 471 g/mol. The van der Waals surface area contributed by atoms with Crippen LogP contribution in [-0.2, 0) is 19.6 Å². The predicted molar refractivity (Wildman–Crippen MR) is 142 cm³/mol. The van der Waals surface area contributed by atoms with Gasteiger partial charge >= 0.3 is 0 Å². The third-order valence-electron chi connectivity index (χ3n) is 6.06. The Labute approximate surface area is 208 Å². The van der Waals surface area contributed by atoms with Crippen LogP contribution in [0.4, 0.5) is 0 Å². The Balaban J connectivity index is 1.53. The van der Waals surface area contributed by atoms with E-state index in [4.69, 9.17) is 19.2 Å². The van der Waals surface area contributed by atoms with Crippen molar-refractivity contribution in [3.05, 3.63) is 95.8 Å². The number of methoxy groups -OCH3 is 1. The predicted octanol–water partition coefficient (Wildman–Crippen LogP) is 6.86. The summed E-state index contributed by atoms with van der Waals surface area (Å²) in [6.45, 7) is 11.8. The molecule has 0 unspecified atom stereocenters. The molecule has 4 aromatic rings. The summed E-state index contributed by atoms with van der Waals surface area (Å²) in [5, 5.41) is 0. The Morgan fingerprint density at radius 2 is 1.80 bits per heavy atom. The summed E-state index contributed by atoms with van der Waals surface area (Å²) in [5.41, 5.74) is 5.56. The lowest BCUT2D eigenvalue weighted by molar-refractivity contribution is 0.261. The highest BCUT2D eigenvalue weighted by molar-refractivity contribution is 5.75. The van der Waals surface area contributed by atoms with E-state index in [-0.39, 0.29) is 0 Å². The van der Waals surface area contributed by atoms with Crippen LogP contribution in [0.5, 0.6) is 17.2 Å². The molecule has 0 radical (unpaired) electrons. The van der Waals surface area contributed by atoms with Crippen molar-refractivity contribution in [2.45, 2.75) is 46.3 Å². The number of hydrogen-bond donors (Lipinski definition) is 0. The zero-order chi connectivity index (χ0) is 24.8. The maximum atomic E-state index is 6.27. The molecule has 0 N–H and O–H groups in total. The van der Waals surface area contributed by atoms with Gasteiger partial charge in [0.25, 0.3) is 0 Å². The number of benzene rings is 3. The summed E-state index contributed by atoms with van der Waals surface area (Å²) < 4.78 is 20.2. The highest BCUT2D eigenvalue weighted by atomic mass is 16.5. The number of rotatable bonds is 11. The van der Waals surface area contributed by atoms with Crippen LogP contribution in [0.2, 0.25) is 0 Å². The smallest absolute Gasteiger partial charge is 0.161 e. The lowest BCUT2D eigenvalue weighted by Crippen LogP contribution is -2.13. The summed E-state index contributed by atoms with van der Waals surface area (Å²) in [6, 6.07) is 20.5. The summed E-state index contributed by atoms with van der Waals surface area (Å²) in [7, 11) is 1.66. The van der Waals surface area contributed by atoms with Crippen molar-refractivity contribution in [2.24, 2.45) is 0 Å². The molecule has 0 bridgehead atoms. The Hall–Kier alpha value is -3.73. The number of allylic oxidation sites excluding steroid dienone is 1. The zero-order valence-electron chi connectivity index (χ0n) is 21.1. The second-order valence-corrected chi connectivity index (χ2v) is 8.98. The molecule has 1 heterocycles. The summed E-state index contributed by atoms with van der Waals surface area (Å²) in [5.74, 6) is 3.59. The molecular formula is C30H34N2O3. The van der Waals surface area contributed by atoms with Crippen LogP contribution >= 0.6 is 0 Å². The highest BCUT2D eigenvalue weighted by Crippen LogP contribution is 2.30. The number of hydrogen-bond acceptors (Lipinski definition) is 4. The second-order valence-electron chi connectivity index (χ2n) is 8.98. The Morgan fingerprint density at radius 3 is 2.57 bits per heavy atom. The monoisotopic (exact) mass is 470 g/mol. The molecule has 0 atom stereocenters. The van der Waals surface area contributed by atoms with Gasteiger partial charge in [-0.1, -0.05) is 50.3 Å². The van der Waals surface area contributed by atoms with E-state index in [0.29, 0.717) is 37.2 Å². The van der Waals surface area contributed by atoms with Crippen molar-refractivity contribution in [1.29, 1.82) is 0 Å². The van der Waals surface area contributed by atoms with Crippen LogP contribution in [0.15, 0.2) is 73.3 Å². The molecule has 1 aromatic heterocycles. The number of aromatic nitrogens is 2. The van der Waals surface area contributed by atoms with E-state index < -0.39 is 0 Å². The number of imidazole rings is 1. The number of aryl methyl sites for hydroxylation is 1. The standard InChI is InChI=1S/C30H34N2O3/c1-6-9-23-13-15-27(29(19-23)33-5)35-20-30-31-25-10-7-8-11-26(25)32(30)16-17-34-28-18-22(4)12-14-24(28)21(2)3/h6-8,10-15,18-19,21H,1,9,16-17,20H2,2-5H3. The molecule has 5 heteroatoms. The number of para-hydroxylation sites is 2. The molecule has 0 aliphatic carbocycles. The quantitative estimate of drug-likeness (QED) is 0.225. The second kappa shape index (κ2) is 11.1. The largest absolute Gasteiger partial charge is 0.493 e. The van der Waals surface area contributed by atoms with Crippen molar-refractivity contribution in [2.75, 3.05) is 13.7 Å². The molecule has 0 spiro atoms. The van der Waals surface area contributed by atoms with Gasteiger partial charge in [-0.2, -0.15) is 0 Å². The topological polar surface area (TPSA) is 45.5 Å². The Kier molecular flexibility index (Phi) is 7.76. The molecule has 35 heavy (non-hydrogen) atoms. The van der Waals surface area contributed by atoms with Crippen molar-refractivity contribution < 1.29 is 14.2 Å². The van der Waals surface area contributed by atoms with E-state index >= 15 is 0 Å². The van der Waals surface area contributed by atoms with E-state index in [1.54, 1.807) is 7.11 Å². The molecule has 5 nitrogen and oxygen atoms in total. The molecule has 4 rings (SSSR count). The zero-order valence-corrected chi connectivity index (χ0v) is 21.1. The highest BCUT2D eigenvalue weighted by Gasteiger charge is 2.14. The van der Waals surface area contributed by atoms with Crippen molar-refractivity contribution in [3.63, 3.8) is 0 Å². The van der Waals surface area contributed by atoms with Crippen LogP contribution in [0, 0.1) is 6.92 Å². The normalized spacial score (nSPS) is 11.1. The molecule has 0 saturated heterocycles. The van der Waals surface area contributed by atoms with Crippen LogP contribution in [-0.4, -0.2) is 23.3 Å². The van der Waals surface area contributed by atoms with Crippen LogP contribution in [0.1, 0.15) is 42.3 Å².